The van der Waals surface area contributed by atoms with Gasteiger partial charge < -0.3 is 10.5 Å². The second kappa shape index (κ2) is 6.21. The monoisotopic (exact) mass is 350 g/mol. The molecule has 0 aliphatic carbocycles. The van der Waals surface area contributed by atoms with E-state index in [0.29, 0.717) is 16.8 Å². The van der Waals surface area contributed by atoms with Gasteiger partial charge in [0.1, 0.15) is 0 Å². The van der Waals surface area contributed by atoms with Crippen LogP contribution in [0.3, 0.4) is 0 Å². The largest absolute Gasteiger partial charge is 0.399 e. The number of nitrogens with two attached hydrogens (primary N) is 1. The first kappa shape index (κ1) is 16.4. The Bertz CT molecular complexity index is 544. The lowest BCUT2D eigenvalue weighted by Crippen LogP contribution is -2.40. The number of nitrogens with one attached hydrogen (secondary N) is 1. The Kier molecular flexibility index (Phi) is 5.37. The highest BCUT2D eigenvalue weighted by atomic mass is 79.9. The molecule has 0 heterocycles. The number of rotatable bonds is 6. The predicted octanol–water partition coefficient (Wildman–Crippen LogP) is 2.12. The third-order valence-electron chi connectivity index (χ3n) is 2.47. The topological polar surface area (TPSA) is 81.4 Å². The first-order valence-corrected chi connectivity index (χ1v) is 8.14. The summed E-state index contributed by atoms with van der Waals surface area (Å²) in [6.45, 7) is 6.23. The Morgan fingerprint density at radius 3 is 2.63 bits per heavy atom. The molecule has 1 aromatic rings. The van der Waals surface area contributed by atoms with Gasteiger partial charge in [-0.2, -0.15) is 0 Å². The highest BCUT2D eigenvalue weighted by molar-refractivity contribution is 9.10. The lowest BCUT2D eigenvalue weighted by Gasteiger charge is -2.25. The maximum atomic E-state index is 12.2. The molecule has 0 fully saturated rings. The first-order chi connectivity index (χ1) is 8.68. The van der Waals surface area contributed by atoms with Gasteiger partial charge >= 0.3 is 0 Å². The van der Waals surface area contributed by atoms with Crippen LogP contribution in [-0.2, 0) is 14.8 Å². The molecule has 5 nitrogen and oxygen atoms in total. The molecule has 1 rings (SSSR count). The molecular weight excluding hydrogens is 332 g/mol. The van der Waals surface area contributed by atoms with Crippen molar-refractivity contribution in [3.63, 3.8) is 0 Å². The lowest BCUT2D eigenvalue weighted by atomic mass is 10.1. The molecular formula is C12H19BrN2O3S. The highest BCUT2D eigenvalue weighted by Gasteiger charge is 2.24. The van der Waals surface area contributed by atoms with E-state index in [2.05, 4.69) is 20.7 Å². The van der Waals surface area contributed by atoms with Crippen LogP contribution in [0.25, 0.3) is 0 Å². The quantitative estimate of drug-likeness (QED) is 0.770. The fourth-order valence-corrected chi connectivity index (χ4v) is 3.71. The number of hydrogen-bond donors (Lipinski definition) is 2. The molecule has 3 N–H and O–H groups in total. The van der Waals surface area contributed by atoms with Gasteiger partial charge in [-0.3, -0.25) is 0 Å². The second-order valence-electron chi connectivity index (χ2n) is 4.71. The zero-order valence-electron chi connectivity index (χ0n) is 11.2. The molecule has 0 aromatic heterocycles. The van der Waals surface area contributed by atoms with Crippen molar-refractivity contribution in [1.82, 2.24) is 4.72 Å². The molecule has 19 heavy (non-hydrogen) atoms. The van der Waals surface area contributed by atoms with Crippen LogP contribution in [0.1, 0.15) is 20.8 Å². The van der Waals surface area contributed by atoms with Crippen LogP contribution in [0.15, 0.2) is 27.6 Å². The van der Waals surface area contributed by atoms with E-state index < -0.39 is 15.6 Å². The molecule has 7 heteroatoms. The van der Waals surface area contributed by atoms with E-state index >= 15 is 0 Å². The molecule has 0 atom stereocenters. The molecule has 0 saturated heterocycles. The summed E-state index contributed by atoms with van der Waals surface area (Å²) < 4.78 is 32.9. The molecule has 0 spiro atoms. The van der Waals surface area contributed by atoms with E-state index in [1.165, 1.54) is 6.07 Å². The fraction of sp³-hybridized carbons (Fsp3) is 0.500. The van der Waals surface area contributed by atoms with Gasteiger partial charge in [-0.15, -0.1) is 0 Å². The summed E-state index contributed by atoms with van der Waals surface area (Å²) in [4.78, 5) is 0.125. The summed E-state index contributed by atoms with van der Waals surface area (Å²) in [5.74, 6) is 0. The van der Waals surface area contributed by atoms with Crippen LogP contribution >= 0.6 is 15.9 Å². The normalized spacial score (nSPS) is 12.6. The second-order valence-corrected chi connectivity index (χ2v) is 7.30. The van der Waals surface area contributed by atoms with Crippen molar-refractivity contribution in [3.8, 4) is 0 Å². The standard InChI is InChI=1S/C12H19BrN2O3S/c1-4-18-12(2,3)8-15-19(16,17)11-7-9(14)5-6-10(11)13/h5-7,15H,4,8,14H2,1-3H3. The van der Waals surface area contributed by atoms with Gasteiger partial charge in [-0.1, -0.05) is 0 Å². The number of nitrogen functional groups attached to an aromatic ring is 1. The van der Waals surface area contributed by atoms with Crippen molar-refractivity contribution in [3.05, 3.63) is 22.7 Å². The van der Waals surface area contributed by atoms with Crippen LogP contribution in [0.4, 0.5) is 5.69 Å². The number of benzene rings is 1. The Hall–Kier alpha value is -0.630. The van der Waals surface area contributed by atoms with Crippen LogP contribution < -0.4 is 10.5 Å². The smallest absolute Gasteiger partial charge is 0.241 e. The summed E-state index contributed by atoms with van der Waals surface area (Å²) in [7, 11) is -3.62. The van der Waals surface area contributed by atoms with E-state index in [1.54, 1.807) is 12.1 Å². The van der Waals surface area contributed by atoms with E-state index in [-0.39, 0.29) is 11.4 Å². The average molecular weight is 351 g/mol. The number of halogens is 1. The number of sulfonamides is 1. The minimum Gasteiger partial charge on any atom is -0.399 e. The maximum absolute atomic E-state index is 12.2. The van der Waals surface area contributed by atoms with Crippen molar-refractivity contribution in [2.75, 3.05) is 18.9 Å². The van der Waals surface area contributed by atoms with Crippen molar-refractivity contribution in [2.24, 2.45) is 0 Å². The van der Waals surface area contributed by atoms with Gasteiger partial charge in [0.15, 0.2) is 0 Å². The van der Waals surface area contributed by atoms with Crippen LogP contribution in [0, 0.1) is 0 Å². The Morgan fingerprint density at radius 1 is 1.42 bits per heavy atom. The number of anilines is 1. The molecule has 0 bridgehead atoms. The van der Waals surface area contributed by atoms with Crippen LogP contribution in [0.5, 0.6) is 0 Å². The summed E-state index contributed by atoms with van der Waals surface area (Å²) in [5.41, 5.74) is 5.45. The molecule has 0 saturated carbocycles. The lowest BCUT2D eigenvalue weighted by molar-refractivity contribution is -0.00515. The summed E-state index contributed by atoms with van der Waals surface area (Å²) in [6.07, 6.45) is 0. The molecule has 0 aliphatic heterocycles. The third-order valence-corrected chi connectivity index (χ3v) is 4.86. The van der Waals surface area contributed by atoms with Gasteiger partial charge in [-0.25, -0.2) is 13.1 Å². The molecule has 1 aromatic carbocycles. The van der Waals surface area contributed by atoms with E-state index in [1.807, 2.05) is 20.8 Å². The Morgan fingerprint density at radius 2 is 2.05 bits per heavy atom. The molecule has 0 radical (unpaired) electrons. The summed E-state index contributed by atoms with van der Waals surface area (Å²) in [6, 6.07) is 4.66. The number of hydrogen-bond acceptors (Lipinski definition) is 4. The zero-order valence-corrected chi connectivity index (χ0v) is 13.6. The predicted molar refractivity (Wildman–Crippen MR) is 79.4 cm³/mol. The minimum absolute atomic E-state index is 0.125. The van der Waals surface area contributed by atoms with Gasteiger partial charge in [0.05, 0.1) is 10.5 Å². The highest BCUT2D eigenvalue weighted by Crippen LogP contribution is 2.24. The van der Waals surface area contributed by atoms with Gasteiger partial charge in [-0.05, 0) is 54.9 Å². The van der Waals surface area contributed by atoms with Crippen LogP contribution in [-0.4, -0.2) is 27.2 Å². The third kappa shape index (κ3) is 4.76. The number of ether oxygens (including phenoxy) is 1. The van der Waals surface area contributed by atoms with Gasteiger partial charge in [0.25, 0.3) is 0 Å². The molecule has 108 valence electrons. The fourth-order valence-electron chi connectivity index (χ4n) is 1.51. The molecule has 0 aliphatic rings. The van der Waals surface area contributed by atoms with Crippen molar-refractivity contribution >= 4 is 31.6 Å². The Balaban J connectivity index is 2.90. The van der Waals surface area contributed by atoms with Crippen LogP contribution in [0.2, 0.25) is 0 Å². The SMILES string of the molecule is CCOC(C)(C)CNS(=O)(=O)c1cc(N)ccc1Br. The molecule has 0 unspecified atom stereocenters. The average Bonchev–Trinajstić information content (AvgIpc) is 2.30. The summed E-state index contributed by atoms with van der Waals surface area (Å²) in [5, 5.41) is 0. The van der Waals surface area contributed by atoms with E-state index in [0.717, 1.165) is 0 Å². The zero-order chi connectivity index (χ0) is 14.7. The molecule has 0 amide bonds. The first-order valence-electron chi connectivity index (χ1n) is 5.86. The van der Waals surface area contributed by atoms with Crippen molar-refractivity contribution in [2.45, 2.75) is 31.3 Å². The maximum Gasteiger partial charge on any atom is 0.241 e. The van der Waals surface area contributed by atoms with E-state index in [4.69, 9.17) is 10.5 Å². The Labute approximate surface area is 122 Å². The van der Waals surface area contributed by atoms with Gasteiger partial charge in [0.2, 0.25) is 10.0 Å². The van der Waals surface area contributed by atoms with Crippen molar-refractivity contribution < 1.29 is 13.2 Å². The van der Waals surface area contributed by atoms with Crippen molar-refractivity contribution in [1.29, 1.82) is 0 Å². The van der Waals surface area contributed by atoms with E-state index in [9.17, 15) is 8.42 Å². The van der Waals surface area contributed by atoms with Gasteiger partial charge in [0, 0.05) is 23.3 Å². The summed E-state index contributed by atoms with van der Waals surface area (Å²) >= 11 is 3.21. The minimum atomic E-state index is -3.62.